The highest BCUT2D eigenvalue weighted by atomic mass is 16.5. The fraction of sp³-hybridized carbons (Fsp3) is 0.429. The summed E-state index contributed by atoms with van der Waals surface area (Å²) in [6.07, 6.45) is 0.679. The number of carbonyl (C=O) groups excluding carboxylic acids is 2. The standard InChI is InChI=1S/C7H10O3/c1-3-10-7(9)6(2)4-5-8/h5H,2-4H2,1H3. The van der Waals surface area contributed by atoms with Gasteiger partial charge in [-0.25, -0.2) is 4.79 Å². The van der Waals surface area contributed by atoms with E-state index >= 15 is 0 Å². The summed E-state index contributed by atoms with van der Waals surface area (Å²) in [5.41, 5.74) is 0.205. The number of ether oxygens (including phenoxy) is 1. The van der Waals surface area contributed by atoms with Crippen molar-refractivity contribution in [1.82, 2.24) is 0 Å². The Labute approximate surface area is 59.7 Å². The van der Waals surface area contributed by atoms with E-state index in [0.29, 0.717) is 12.9 Å². The van der Waals surface area contributed by atoms with E-state index in [9.17, 15) is 9.59 Å². The molecule has 0 fully saturated rings. The molecule has 0 radical (unpaired) electrons. The van der Waals surface area contributed by atoms with Gasteiger partial charge in [-0.2, -0.15) is 0 Å². The zero-order chi connectivity index (χ0) is 7.98. The number of aldehydes is 1. The van der Waals surface area contributed by atoms with E-state index in [2.05, 4.69) is 11.3 Å². The summed E-state index contributed by atoms with van der Waals surface area (Å²) in [5, 5.41) is 0. The second-order valence-electron chi connectivity index (χ2n) is 1.69. The van der Waals surface area contributed by atoms with Gasteiger partial charge >= 0.3 is 5.97 Å². The summed E-state index contributed by atoms with van der Waals surface area (Å²) in [4.78, 5) is 20.5. The third-order valence-corrected chi connectivity index (χ3v) is 0.894. The lowest BCUT2D eigenvalue weighted by atomic mass is 10.2. The number of hydrogen-bond acceptors (Lipinski definition) is 3. The topological polar surface area (TPSA) is 43.4 Å². The van der Waals surface area contributed by atoms with E-state index in [1.165, 1.54) is 0 Å². The first-order valence-corrected chi connectivity index (χ1v) is 3.01. The Bertz CT molecular complexity index is 149. The lowest BCUT2D eigenvalue weighted by molar-refractivity contribution is -0.139. The minimum atomic E-state index is -0.491. The molecule has 0 rings (SSSR count). The van der Waals surface area contributed by atoms with Crippen molar-refractivity contribution in [3.63, 3.8) is 0 Å². The number of rotatable bonds is 4. The lowest BCUT2D eigenvalue weighted by Crippen LogP contribution is -2.06. The van der Waals surface area contributed by atoms with Gasteiger partial charge in [-0.1, -0.05) is 6.58 Å². The first-order chi connectivity index (χ1) is 4.72. The van der Waals surface area contributed by atoms with Crippen LogP contribution in [-0.4, -0.2) is 18.9 Å². The van der Waals surface area contributed by atoms with Crippen molar-refractivity contribution in [2.24, 2.45) is 0 Å². The van der Waals surface area contributed by atoms with Gasteiger partial charge in [-0.15, -0.1) is 0 Å². The van der Waals surface area contributed by atoms with Crippen molar-refractivity contribution in [2.75, 3.05) is 6.61 Å². The molecule has 0 atom stereocenters. The SMILES string of the molecule is C=C(CC=O)C(=O)OCC. The van der Waals surface area contributed by atoms with E-state index in [1.807, 2.05) is 0 Å². The first kappa shape index (κ1) is 8.88. The molecule has 0 N–H and O–H groups in total. The summed E-state index contributed by atoms with van der Waals surface area (Å²) < 4.78 is 4.56. The predicted molar refractivity (Wildman–Crippen MR) is 36.5 cm³/mol. The van der Waals surface area contributed by atoms with Crippen LogP contribution in [0.1, 0.15) is 13.3 Å². The van der Waals surface area contributed by atoms with E-state index < -0.39 is 5.97 Å². The molecule has 0 unspecified atom stereocenters. The Balaban J connectivity index is 3.70. The Hall–Kier alpha value is -1.12. The predicted octanol–water partition coefficient (Wildman–Crippen LogP) is 0.695. The van der Waals surface area contributed by atoms with Crippen molar-refractivity contribution in [3.8, 4) is 0 Å². The van der Waals surface area contributed by atoms with Crippen LogP contribution in [0.5, 0.6) is 0 Å². The Morgan fingerprint density at radius 3 is 2.70 bits per heavy atom. The molecule has 0 aliphatic rings. The van der Waals surface area contributed by atoms with E-state index in [1.54, 1.807) is 6.92 Å². The van der Waals surface area contributed by atoms with Gasteiger partial charge in [0.25, 0.3) is 0 Å². The molecule has 0 aromatic heterocycles. The molecular weight excluding hydrogens is 132 g/mol. The molecule has 0 aromatic carbocycles. The van der Waals surface area contributed by atoms with Gasteiger partial charge in [0.1, 0.15) is 6.29 Å². The molecule has 0 saturated heterocycles. The first-order valence-electron chi connectivity index (χ1n) is 3.01. The third-order valence-electron chi connectivity index (χ3n) is 0.894. The summed E-state index contributed by atoms with van der Waals surface area (Å²) in [6, 6.07) is 0. The largest absolute Gasteiger partial charge is 0.463 e. The zero-order valence-corrected chi connectivity index (χ0v) is 5.92. The van der Waals surface area contributed by atoms with E-state index in [0.717, 1.165) is 0 Å². The third kappa shape index (κ3) is 3.02. The summed E-state index contributed by atoms with van der Waals surface area (Å²) in [6.45, 7) is 5.37. The molecule has 0 saturated carbocycles. The molecule has 56 valence electrons. The van der Waals surface area contributed by atoms with Gasteiger partial charge in [-0.3, -0.25) is 0 Å². The minimum absolute atomic E-state index is 0.0544. The average Bonchev–Trinajstić information content (AvgIpc) is 1.89. The average molecular weight is 142 g/mol. The number of esters is 1. The van der Waals surface area contributed by atoms with Gasteiger partial charge in [-0.05, 0) is 6.92 Å². The molecule has 0 heterocycles. The van der Waals surface area contributed by atoms with Crippen LogP contribution in [0, 0.1) is 0 Å². The Morgan fingerprint density at radius 2 is 2.30 bits per heavy atom. The van der Waals surface area contributed by atoms with Crippen LogP contribution in [0.3, 0.4) is 0 Å². The monoisotopic (exact) mass is 142 g/mol. The van der Waals surface area contributed by atoms with E-state index in [4.69, 9.17) is 0 Å². The summed E-state index contributed by atoms with van der Waals surface area (Å²) >= 11 is 0. The van der Waals surface area contributed by atoms with Crippen molar-refractivity contribution >= 4 is 12.3 Å². The molecule has 0 bridgehead atoms. The molecular formula is C7H10O3. The zero-order valence-electron chi connectivity index (χ0n) is 5.92. The highest BCUT2D eigenvalue weighted by molar-refractivity contribution is 5.90. The maximum atomic E-state index is 10.7. The molecule has 0 spiro atoms. The Kier molecular flexibility index (Phi) is 4.20. The summed E-state index contributed by atoms with van der Waals surface area (Å²) in [7, 11) is 0. The van der Waals surface area contributed by atoms with Crippen LogP contribution in [0.25, 0.3) is 0 Å². The quantitative estimate of drug-likeness (QED) is 0.329. The fourth-order valence-corrected chi connectivity index (χ4v) is 0.417. The number of carbonyl (C=O) groups is 2. The molecule has 0 aromatic rings. The van der Waals surface area contributed by atoms with Gasteiger partial charge in [0.2, 0.25) is 0 Å². The molecule has 10 heavy (non-hydrogen) atoms. The van der Waals surface area contributed by atoms with Crippen LogP contribution in [0.2, 0.25) is 0 Å². The highest BCUT2D eigenvalue weighted by Crippen LogP contribution is 1.97. The normalized spacial score (nSPS) is 8.50. The van der Waals surface area contributed by atoms with Gasteiger partial charge < -0.3 is 9.53 Å². The molecule has 3 heteroatoms. The smallest absolute Gasteiger partial charge is 0.333 e. The summed E-state index contributed by atoms with van der Waals surface area (Å²) in [5.74, 6) is -0.491. The minimum Gasteiger partial charge on any atom is -0.463 e. The van der Waals surface area contributed by atoms with Crippen LogP contribution in [0.15, 0.2) is 12.2 Å². The van der Waals surface area contributed by atoms with Crippen molar-refractivity contribution in [2.45, 2.75) is 13.3 Å². The van der Waals surface area contributed by atoms with Crippen LogP contribution in [0.4, 0.5) is 0 Å². The molecule has 0 aliphatic heterocycles. The van der Waals surface area contributed by atoms with Crippen LogP contribution in [-0.2, 0) is 14.3 Å². The van der Waals surface area contributed by atoms with Gasteiger partial charge in [0.15, 0.2) is 0 Å². The second-order valence-corrected chi connectivity index (χ2v) is 1.69. The Morgan fingerprint density at radius 1 is 1.70 bits per heavy atom. The van der Waals surface area contributed by atoms with Gasteiger partial charge in [0.05, 0.1) is 6.61 Å². The maximum absolute atomic E-state index is 10.7. The molecule has 0 aliphatic carbocycles. The number of hydrogen-bond donors (Lipinski definition) is 0. The van der Waals surface area contributed by atoms with Crippen molar-refractivity contribution in [1.29, 1.82) is 0 Å². The lowest BCUT2D eigenvalue weighted by Gasteiger charge is -1.99. The molecule has 3 nitrogen and oxygen atoms in total. The fourth-order valence-electron chi connectivity index (χ4n) is 0.417. The van der Waals surface area contributed by atoms with Crippen molar-refractivity contribution in [3.05, 3.63) is 12.2 Å². The molecule has 0 amide bonds. The highest BCUT2D eigenvalue weighted by Gasteiger charge is 2.04. The maximum Gasteiger partial charge on any atom is 0.333 e. The van der Waals surface area contributed by atoms with Crippen molar-refractivity contribution < 1.29 is 14.3 Å². The second kappa shape index (κ2) is 4.73. The van der Waals surface area contributed by atoms with Crippen LogP contribution >= 0.6 is 0 Å². The van der Waals surface area contributed by atoms with Crippen LogP contribution < -0.4 is 0 Å². The van der Waals surface area contributed by atoms with E-state index in [-0.39, 0.29) is 12.0 Å². The van der Waals surface area contributed by atoms with Gasteiger partial charge in [0, 0.05) is 12.0 Å².